The summed E-state index contributed by atoms with van der Waals surface area (Å²) in [6.45, 7) is 7.39. The summed E-state index contributed by atoms with van der Waals surface area (Å²) in [5.74, 6) is -0.921. The highest BCUT2D eigenvalue weighted by atomic mass is 32.2. The molecule has 3 N–H and O–H groups in total. The van der Waals surface area contributed by atoms with Crippen LogP contribution in [-0.2, 0) is 20.2 Å². The minimum Gasteiger partial charge on any atom is -0.481 e. The van der Waals surface area contributed by atoms with Gasteiger partial charge in [0, 0.05) is 0 Å². The van der Waals surface area contributed by atoms with Crippen LogP contribution in [0.25, 0.3) is 0 Å². The van der Waals surface area contributed by atoms with Crippen molar-refractivity contribution in [1.29, 1.82) is 0 Å². The summed E-state index contributed by atoms with van der Waals surface area (Å²) in [4.78, 5) is 11.8. The molecule has 1 unspecified atom stereocenters. The van der Waals surface area contributed by atoms with E-state index in [1.807, 2.05) is 27.7 Å². The second-order valence-corrected chi connectivity index (χ2v) is 7.44. The Labute approximate surface area is 119 Å². The third kappa shape index (κ3) is 2.71. The monoisotopic (exact) mass is 299 g/mol. The molecule has 1 aromatic rings. The first kappa shape index (κ1) is 16.7. The van der Waals surface area contributed by atoms with Crippen LogP contribution in [0.1, 0.15) is 39.7 Å². The maximum Gasteiger partial charge on any atom is 0.314 e. The molecule has 1 rings (SSSR count). The molecule has 0 aliphatic carbocycles. The van der Waals surface area contributed by atoms with Gasteiger partial charge < -0.3 is 5.11 Å². The Morgan fingerprint density at radius 1 is 1.20 bits per heavy atom. The number of benzene rings is 1. The van der Waals surface area contributed by atoms with Crippen molar-refractivity contribution in [3.63, 3.8) is 0 Å². The second kappa shape index (κ2) is 5.18. The smallest absolute Gasteiger partial charge is 0.314 e. The van der Waals surface area contributed by atoms with Crippen molar-refractivity contribution in [2.24, 2.45) is 10.6 Å². The molecule has 0 bridgehead atoms. The predicted octanol–water partition coefficient (Wildman–Crippen LogP) is 2.11. The van der Waals surface area contributed by atoms with Gasteiger partial charge in [-0.3, -0.25) is 4.79 Å². The summed E-state index contributed by atoms with van der Waals surface area (Å²) in [6.07, 6.45) is 0.403. The van der Waals surface area contributed by atoms with E-state index >= 15 is 0 Å². The third-order valence-corrected chi connectivity index (χ3v) is 4.78. The molecule has 0 heterocycles. The SMILES string of the molecule is CCC(C(=O)O)(c1ccc(S(N)(=O)=O)cc1)C(C)(C)C. The molecule has 0 aliphatic rings. The van der Waals surface area contributed by atoms with Crippen LogP contribution < -0.4 is 5.14 Å². The fourth-order valence-electron chi connectivity index (χ4n) is 2.69. The van der Waals surface area contributed by atoms with E-state index in [1.165, 1.54) is 24.3 Å². The molecule has 0 aromatic heterocycles. The Morgan fingerprint density at radius 3 is 1.90 bits per heavy atom. The van der Waals surface area contributed by atoms with Crippen molar-refractivity contribution >= 4 is 16.0 Å². The molecule has 1 atom stereocenters. The number of hydrogen-bond acceptors (Lipinski definition) is 3. The highest BCUT2D eigenvalue weighted by Crippen LogP contribution is 2.44. The van der Waals surface area contributed by atoms with Crippen LogP contribution in [0.15, 0.2) is 29.2 Å². The Bertz CT molecular complexity index is 599. The van der Waals surface area contributed by atoms with Gasteiger partial charge in [-0.15, -0.1) is 0 Å². The summed E-state index contributed by atoms with van der Waals surface area (Å²) >= 11 is 0. The van der Waals surface area contributed by atoms with E-state index in [1.54, 1.807) is 0 Å². The van der Waals surface area contributed by atoms with E-state index in [0.717, 1.165) is 0 Å². The Hall–Kier alpha value is -1.40. The number of sulfonamides is 1. The second-order valence-electron chi connectivity index (χ2n) is 5.88. The van der Waals surface area contributed by atoms with Crippen molar-refractivity contribution < 1.29 is 18.3 Å². The average molecular weight is 299 g/mol. The lowest BCUT2D eigenvalue weighted by atomic mass is 9.61. The Kier molecular flexibility index (Phi) is 4.31. The quantitative estimate of drug-likeness (QED) is 0.889. The van der Waals surface area contributed by atoms with Gasteiger partial charge in [0.2, 0.25) is 10.0 Å². The normalized spacial score (nSPS) is 15.7. The summed E-state index contributed by atoms with van der Waals surface area (Å²) in [5, 5.41) is 14.7. The van der Waals surface area contributed by atoms with Gasteiger partial charge >= 0.3 is 5.97 Å². The van der Waals surface area contributed by atoms with Gasteiger partial charge in [-0.25, -0.2) is 13.6 Å². The number of carboxylic acids is 1. The number of primary sulfonamides is 1. The number of carbonyl (C=O) groups is 1. The molecule has 0 saturated carbocycles. The van der Waals surface area contributed by atoms with Crippen LogP contribution in [0.4, 0.5) is 0 Å². The van der Waals surface area contributed by atoms with Gasteiger partial charge in [0.1, 0.15) is 0 Å². The molecule has 6 heteroatoms. The van der Waals surface area contributed by atoms with Gasteiger partial charge in [0.15, 0.2) is 0 Å². The van der Waals surface area contributed by atoms with E-state index in [0.29, 0.717) is 12.0 Å². The van der Waals surface area contributed by atoms with Crippen molar-refractivity contribution in [3.05, 3.63) is 29.8 Å². The van der Waals surface area contributed by atoms with E-state index in [-0.39, 0.29) is 4.90 Å². The van der Waals surface area contributed by atoms with Crippen LogP contribution in [0, 0.1) is 5.41 Å². The van der Waals surface area contributed by atoms with Crippen LogP contribution >= 0.6 is 0 Å². The zero-order chi connectivity index (χ0) is 15.8. The van der Waals surface area contributed by atoms with Crippen LogP contribution in [-0.4, -0.2) is 19.5 Å². The Morgan fingerprint density at radius 2 is 1.65 bits per heavy atom. The number of rotatable bonds is 4. The average Bonchev–Trinajstić information content (AvgIpc) is 2.27. The Balaban J connectivity index is 3.49. The molecular formula is C14H21NO4S. The van der Waals surface area contributed by atoms with Crippen LogP contribution in [0.5, 0.6) is 0 Å². The summed E-state index contributed by atoms with van der Waals surface area (Å²) in [7, 11) is -3.77. The fraction of sp³-hybridized carbons (Fsp3) is 0.500. The highest BCUT2D eigenvalue weighted by molar-refractivity contribution is 7.89. The van der Waals surface area contributed by atoms with Crippen molar-refractivity contribution in [3.8, 4) is 0 Å². The highest BCUT2D eigenvalue weighted by Gasteiger charge is 2.48. The molecule has 112 valence electrons. The first-order chi connectivity index (χ1) is 8.96. The molecule has 1 aromatic carbocycles. The van der Waals surface area contributed by atoms with Gasteiger partial charge in [0.05, 0.1) is 10.3 Å². The summed E-state index contributed by atoms with van der Waals surface area (Å²) < 4.78 is 22.5. The van der Waals surface area contributed by atoms with Crippen molar-refractivity contribution in [2.75, 3.05) is 0 Å². The van der Waals surface area contributed by atoms with E-state index < -0.39 is 26.8 Å². The molecule has 0 radical (unpaired) electrons. The lowest BCUT2D eigenvalue weighted by Gasteiger charge is -2.41. The van der Waals surface area contributed by atoms with Gasteiger partial charge in [-0.05, 0) is 29.5 Å². The summed E-state index contributed by atoms with van der Waals surface area (Å²) in [5.41, 5.74) is -1.02. The van der Waals surface area contributed by atoms with Crippen molar-refractivity contribution in [2.45, 2.75) is 44.4 Å². The van der Waals surface area contributed by atoms with E-state index in [9.17, 15) is 18.3 Å². The molecule has 0 spiro atoms. The number of carboxylic acid groups (broad SMARTS) is 1. The molecule has 5 nitrogen and oxygen atoms in total. The first-order valence-electron chi connectivity index (χ1n) is 6.33. The van der Waals surface area contributed by atoms with Gasteiger partial charge in [0.25, 0.3) is 0 Å². The maximum absolute atomic E-state index is 11.8. The lowest BCUT2D eigenvalue weighted by Crippen LogP contribution is -2.46. The molecule has 0 amide bonds. The van der Waals surface area contributed by atoms with Crippen LogP contribution in [0.2, 0.25) is 0 Å². The van der Waals surface area contributed by atoms with Crippen molar-refractivity contribution in [1.82, 2.24) is 0 Å². The minimum absolute atomic E-state index is 0.0226. The minimum atomic E-state index is -3.77. The largest absolute Gasteiger partial charge is 0.481 e. The molecule has 0 aliphatic heterocycles. The number of hydrogen-bond donors (Lipinski definition) is 2. The molecule has 0 saturated heterocycles. The maximum atomic E-state index is 11.8. The number of nitrogens with two attached hydrogens (primary N) is 1. The van der Waals surface area contributed by atoms with Crippen LogP contribution in [0.3, 0.4) is 0 Å². The van der Waals surface area contributed by atoms with Gasteiger partial charge in [-0.2, -0.15) is 0 Å². The van der Waals surface area contributed by atoms with E-state index in [2.05, 4.69) is 0 Å². The molecule has 20 heavy (non-hydrogen) atoms. The molecular weight excluding hydrogens is 278 g/mol. The number of aliphatic carboxylic acids is 1. The zero-order valence-electron chi connectivity index (χ0n) is 12.2. The lowest BCUT2D eigenvalue weighted by molar-refractivity contribution is -0.148. The topological polar surface area (TPSA) is 97.5 Å². The van der Waals surface area contributed by atoms with E-state index in [4.69, 9.17) is 5.14 Å². The zero-order valence-corrected chi connectivity index (χ0v) is 13.0. The first-order valence-corrected chi connectivity index (χ1v) is 7.88. The standard InChI is InChI=1S/C14H21NO4S/c1-5-14(12(16)17,13(2,3)4)10-6-8-11(9-7-10)20(15,18)19/h6-9H,5H2,1-4H3,(H,16,17)(H2,15,18,19). The predicted molar refractivity (Wildman–Crippen MR) is 76.9 cm³/mol. The third-order valence-electron chi connectivity index (χ3n) is 3.85. The summed E-state index contributed by atoms with van der Waals surface area (Å²) in [6, 6.07) is 5.76. The fourth-order valence-corrected chi connectivity index (χ4v) is 3.21. The molecule has 0 fully saturated rings. The van der Waals surface area contributed by atoms with Gasteiger partial charge in [-0.1, -0.05) is 39.8 Å².